The van der Waals surface area contributed by atoms with E-state index in [2.05, 4.69) is 55.5 Å². The maximum Gasteiger partial charge on any atom is 0.0504 e. The summed E-state index contributed by atoms with van der Waals surface area (Å²) in [5.74, 6) is 0. The van der Waals surface area contributed by atoms with Gasteiger partial charge in [0.15, 0.2) is 0 Å². The van der Waals surface area contributed by atoms with E-state index in [1.54, 1.807) is 0 Å². The minimum absolute atomic E-state index is 0.225. The average Bonchev–Trinajstić information content (AvgIpc) is 2.62. The second-order valence-corrected chi connectivity index (χ2v) is 6.01. The van der Waals surface area contributed by atoms with Crippen molar-refractivity contribution in [2.24, 2.45) is 11.5 Å². The van der Waals surface area contributed by atoms with E-state index in [9.17, 15) is 0 Å². The first kappa shape index (κ1) is 16.0. The zero-order valence-corrected chi connectivity index (χ0v) is 13.8. The fourth-order valence-corrected chi connectivity index (χ4v) is 2.74. The monoisotopic (exact) mass is 314 g/mol. The van der Waals surface area contributed by atoms with Crippen molar-refractivity contribution < 1.29 is 0 Å². The number of rotatable bonds is 4. The minimum Gasteiger partial charge on any atom is -0.398 e. The largest absolute Gasteiger partial charge is 0.398 e. The van der Waals surface area contributed by atoms with Crippen molar-refractivity contribution >= 4 is 5.70 Å². The molecule has 0 saturated carbocycles. The van der Waals surface area contributed by atoms with Gasteiger partial charge in [0.1, 0.15) is 0 Å². The molecule has 0 aliphatic carbocycles. The smallest absolute Gasteiger partial charge is 0.0504 e. The van der Waals surface area contributed by atoms with Gasteiger partial charge < -0.3 is 11.5 Å². The molecule has 3 aromatic carbocycles. The van der Waals surface area contributed by atoms with Crippen LogP contribution in [0.2, 0.25) is 0 Å². The Kier molecular flexibility index (Phi) is 4.78. The van der Waals surface area contributed by atoms with Gasteiger partial charge in [-0.25, -0.2) is 0 Å². The van der Waals surface area contributed by atoms with Crippen LogP contribution in [0.25, 0.3) is 16.8 Å². The highest BCUT2D eigenvalue weighted by Gasteiger charge is 2.06. The Morgan fingerprint density at radius 3 is 2.21 bits per heavy atom. The van der Waals surface area contributed by atoms with Crippen LogP contribution in [0.4, 0.5) is 0 Å². The van der Waals surface area contributed by atoms with Crippen LogP contribution in [-0.4, -0.2) is 0 Å². The van der Waals surface area contributed by atoms with Gasteiger partial charge in [-0.2, -0.15) is 0 Å². The topological polar surface area (TPSA) is 52.0 Å². The van der Waals surface area contributed by atoms with Crippen molar-refractivity contribution in [3.63, 3.8) is 0 Å². The molecule has 24 heavy (non-hydrogen) atoms. The summed E-state index contributed by atoms with van der Waals surface area (Å²) >= 11 is 0. The molecule has 2 heteroatoms. The summed E-state index contributed by atoms with van der Waals surface area (Å²) in [5.41, 5.74) is 18.8. The van der Waals surface area contributed by atoms with Crippen molar-refractivity contribution in [3.05, 3.63) is 102 Å². The third-order valence-corrected chi connectivity index (χ3v) is 4.11. The van der Waals surface area contributed by atoms with Crippen molar-refractivity contribution in [2.75, 3.05) is 0 Å². The van der Waals surface area contributed by atoms with Gasteiger partial charge >= 0.3 is 0 Å². The fourth-order valence-electron chi connectivity index (χ4n) is 2.74. The van der Waals surface area contributed by atoms with E-state index in [0.29, 0.717) is 5.70 Å². The molecule has 0 bridgehead atoms. The Balaban J connectivity index is 1.80. The molecule has 0 aliphatic heterocycles. The van der Waals surface area contributed by atoms with Crippen LogP contribution in [-0.2, 0) is 0 Å². The Morgan fingerprint density at radius 2 is 1.54 bits per heavy atom. The standard InChI is InChI=1S/C22H22N2/c1-16-6-5-9-20(14-16)17-10-12-19(13-11-17)22(24)15-21(23)18-7-3-2-4-8-18/h2-15,22H,23-24H2,1H3/b21-15-. The van der Waals surface area contributed by atoms with Crippen molar-refractivity contribution in [1.82, 2.24) is 0 Å². The molecule has 3 aromatic rings. The lowest BCUT2D eigenvalue weighted by Gasteiger charge is -2.11. The molecular formula is C22H22N2. The second kappa shape index (κ2) is 7.16. The van der Waals surface area contributed by atoms with Gasteiger partial charge in [0, 0.05) is 5.70 Å². The number of hydrogen-bond donors (Lipinski definition) is 2. The van der Waals surface area contributed by atoms with E-state index >= 15 is 0 Å². The number of hydrogen-bond acceptors (Lipinski definition) is 2. The van der Waals surface area contributed by atoms with Gasteiger partial charge in [0.25, 0.3) is 0 Å². The number of aryl methyl sites for hydroxylation is 1. The predicted octanol–water partition coefficient (Wildman–Crippen LogP) is 4.66. The Bertz CT molecular complexity index is 833. The highest BCUT2D eigenvalue weighted by atomic mass is 14.6. The van der Waals surface area contributed by atoms with Crippen LogP contribution in [0, 0.1) is 6.92 Å². The SMILES string of the molecule is Cc1cccc(-c2ccc(C(N)/C=C(\N)c3ccccc3)cc2)c1. The van der Waals surface area contributed by atoms with Crippen LogP contribution in [0.1, 0.15) is 22.7 Å². The Hall–Kier alpha value is -2.84. The van der Waals surface area contributed by atoms with Gasteiger partial charge in [-0.05, 0) is 35.3 Å². The molecule has 1 atom stereocenters. The van der Waals surface area contributed by atoms with Crippen molar-refractivity contribution in [1.29, 1.82) is 0 Å². The average molecular weight is 314 g/mol. The summed E-state index contributed by atoms with van der Waals surface area (Å²) in [5, 5.41) is 0. The first-order valence-electron chi connectivity index (χ1n) is 8.09. The molecule has 3 rings (SSSR count). The van der Waals surface area contributed by atoms with Gasteiger partial charge in [-0.15, -0.1) is 0 Å². The summed E-state index contributed by atoms with van der Waals surface area (Å²) < 4.78 is 0. The summed E-state index contributed by atoms with van der Waals surface area (Å²) in [4.78, 5) is 0. The lowest BCUT2D eigenvalue weighted by atomic mass is 9.99. The maximum absolute atomic E-state index is 6.29. The van der Waals surface area contributed by atoms with Gasteiger partial charge in [-0.1, -0.05) is 84.4 Å². The van der Waals surface area contributed by atoms with Gasteiger partial charge in [0.05, 0.1) is 6.04 Å². The van der Waals surface area contributed by atoms with E-state index in [1.165, 1.54) is 16.7 Å². The van der Waals surface area contributed by atoms with Crippen molar-refractivity contribution in [2.45, 2.75) is 13.0 Å². The molecule has 0 spiro atoms. The normalized spacial score (nSPS) is 12.8. The first-order valence-corrected chi connectivity index (χ1v) is 8.09. The van der Waals surface area contributed by atoms with Crippen LogP contribution >= 0.6 is 0 Å². The van der Waals surface area contributed by atoms with Crippen LogP contribution in [0.5, 0.6) is 0 Å². The molecular weight excluding hydrogens is 292 g/mol. The van der Waals surface area contributed by atoms with Gasteiger partial charge in [0.2, 0.25) is 0 Å². The summed E-state index contributed by atoms with van der Waals surface area (Å²) in [7, 11) is 0. The van der Waals surface area contributed by atoms with Crippen LogP contribution < -0.4 is 11.5 Å². The summed E-state index contributed by atoms with van der Waals surface area (Å²) in [6.07, 6.45) is 1.90. The quantitative estimate of drug-likeness (QED) is 0.735. The molecule has 2 nitrogen and oxygen atoms in total. The highest BCUT2D eigenvalue weighted by molar-refractivity contribution is 5.66. The Labute approximate surface area is 143 Å². The predicted molar refractivity (Wildman–Crippen MR) is 102 cm³/mol. The third kappa shape index (κ3) is 3.73. The van der Waals surface area contributed by atoms with E-state index in [1.807, 2.05) is 36.4 Å². The molecule has 0 amide bonds. The first-order chi connectivity index (χ1) is 11.6. The zero-order chi connectivity index (χ0) is 16.9. The zero-order valence-electron chi connectivity index (χ0n) is 13.8. The van der Waals surface area contributed by atoms with Crippen LogP contribution in [0.15, 0.2) is 84.9 Å². The molecule has 0 fully saturated rings. The molecule has 0 saturated heterocycles. The molecule has 0 aromatic heterocycles. The van der Waals surface area contributed by atoms with Crippen LogP contribution in [0.3, 0.4) is 0 Å². The van der Waals surface area contributed by atoms with Crippen molar-refractivity contribution in [3.8, 4) is 11.1 Å². The summed E-state index contributed by atoms with van der Waals surface area (Å²) in [6, 6.07) is 26.5. The van der Waals surface area contributed by atoms with Gasteiger partial charge in [-0.3, -0.25) is 0 Å². The van der Waals surface area contributed by atoms with E-state index in [-0.39, 0.29) is 6.04 Å². The van der Waals surface area contributed by atoms with E-state index in [4.69, 9.17) is 11.5 Å². The minimum atomic E-state index is -0.225. The molecule has 1 unspecified atom stereocenters. The number of benzene rings is 3. The highest BCUT2D eigenvalue weighted by Crippen LogP contribution is 2.23. The van der Waals surface area contributed by atoms with E-state index < -0.39 is 0 Å². The molecule has 0 heterocycles. The number of nitrogens with two attached hydrogens (primary N) is 2. The lowest BCUT2D eigenvalue weighted by Crippen LogP contribution is -2.10. The molecule has 0 aliphatic rings. The molecule has 0 radical (unpaired) electrons. The molecule has 4 N–H and O–H groups in total. The Morgan fingerprint density at radius 1 is 0.833 bits per heavy atom. The fraction of sp³-hybridized carbons (Fsp3) is 0.0909. The summed E-state index contributed by atoms with van der Waals surface area (Å²) in [6.45, 7) is 2.10. The second-order valence-electron chi connectivity index (χ2n) is 6.01. The van der Waals surface area contributed by atoms with E-state index in [0.717, 1.165) is 11.1 Å². The molecule has 120 valence electrons. The lowest BCUT2D eigenvalue weighted by molar-refractivity contribution is 0.911. The third-order valence-electron chi connectivity index (χ3n) is 4.11. The maximum atomic E-state index is 6.29.